The molecule has 0 amide bonds. The maximum atomic E-state index is 6.38. The zero-order valence-electron chi connectivity index (χ0n) is 31.1. The zero-order chi connectivity index (χ0) is 35.2. The van der Waals surface area contributed by atoms with Crippen LogP contribution < -0.4 is 8.85 Å². The van der Waals surface area contributed by atoms with Gasteiger partial charge in [-0.3, -0.25) is 0 Å². The highest BCUT2D eigenvalue weighted by atomic mass is 32.1. The van der Waals surface area contributed by atoms with Gasteiger partial charge in [0, 0.05) is 25.6 Å². The lowest BCUT2D eigenvalue weighted by molar-refractivity contribution is -0.625. The van der Waals surface area contributed by atoms with E-state index in [9.17, 15) is 0 Å². The van der Waals surface area contributed by atoms with Crippen LogP contribution in [0.1, 0.15) is 90.1 Å². The molecular weight excluding hydrogens is 673 g/mol. The molecule has 2 fully saturated rings. The van der Waals surface area contributed by atoms with Crippen LogP contribution in [0.25, 0.3) is 25.9 Å². The number of rotatable bonds is 4. The first-order valence-electron chi connectivity index (χ1n) is 16.8. The van der Waals surface area contributed by atoms with E-state index >= 15 is 0 Å². The van der Waals surface area contributed by atoms with Gasteiger partial charge in [-0.15, -0.1) is 22.7 Å². The van der Waals surface area contributed by atoms with Gasteiger partial charge in [-0.2, -0.15) is 4.89 Å². The second kappa shape index (κ2) is 11.7. The second-order valence-electron chi connectivity index (χ2n) is 16.9. The minimum Gasteiger partial charge on any atom is -0.553 e. The number of hydrogen-bond donors (Lipinski definition) is 0. The molecule has 2 aromatic heterocycles. The van der Waals surface area contributed by atoms with Gasteiger partial charge >= 0.3 is 0 Å². The molecule has 48 heavy (non-hydrogen) atoms. The maximum absolute atomic E-state index is 6.38. The van der Waals surface area contributed by atoms with E-state index in [1.165, 1.54) is 41.7 Å². The predicted molar refractivity (Wildman–Crippen MR) is 206 cm³/mol. The molecule has 0 spiro atoms. The zero-order valence-corrected chi connectivity index (χ0v) is 36.8. The molecule has 0 radical (unpaired) electrons. The van der Waals surface area contributed by atoms with Crippen LogP contribution in [0.15, 0.2) is 42.0 Å². The molecule has 260 valence electrons. The number of benzene rings is 2. The van der Waals surface area contributed by atoms with Crippen molar-refractivity contribution in [1.82, 2.24) is 0 Å². The van der Waals surface area contributed by atoms with E-state index in [0.29, 0.717) is 17.1 Å². The monoisotopic (exact) mass is 724 g/mol. The highest BCUT2D eigenvalue weighted by molar-refractivity contribution is 7.20. The predicted octanol–water partition coefficient (Wildman–Crippen LogP) is 8.51. The fourth-order valence-electron chi connectivity index (χ4n) is 8.59. The van der Waals surface area contributed by atoms with E-state index in [0.717, 1.165) is 39.2 Å². The molecule has 0 aliphatic carbocycles. The normalized spacial score (nSPS) is 24.8. The second-order valence-corrected chi connectivity index (χ2v) is 19.8. The number of fused-ring (bicyclic) bond motifs is 3. The van der Waals surface area contributed by atoms with Crippen molar-refractivity contribution < 1.29 is 28.1 Å². The Morgan fingerprint density at radius 2 is 1.31 bits per heavy atom. The van der Waals surface area contributed by atoms with Crippen molar-refractivity contribution in [2.75, 3.05) is 13.2 Å². The third-order valence-electron chi connectivity index (χ3n) is 10.4. The lowest BCUT2D eigenvalue weighted by Gasteiger charge is -2.60. The average molecular weight is 725 g/mol. The summed E-state index contributed by atoms with van der Waals surface area (Å²) in [5.41, 5.74) is 3.28. The summed E-state index contributed by atoms with van der Waals surface area (Å²) >= 11 is 3.57. The van der Waals surface area contributed by atoms with E-state index in [2.05, 4.69) is 113 Å². The van der Waals surface area contributed by atoms with Crippen LogP contribution in [0.2, 0.25) is 0 Å². The van der Waals surface area contributed by atoms with Crippen LogP contribution in [0, 0.1) is 35.5 Å². The van der Waals surface area contributed by atoms with Crippen molar-refractivity contribution in [2.24, 2.45) is 21.7 Å². The smallest absolute Gasteiger partial charge is 0.271 e. The van der Waals surface area contributed by atoms with Gasteiger partial charge < -0.3 is 18.3 Å². The summed E-state index contributed by atoms with van der Waals surface area (Å²) in [6, 6.07) is 12.7. The molecular formula is C38H52O6S2Si2. The van der Waals surface area contributed by atoms with Gasteiger partial charge in [0.05, 0.1) is 23.0 Å². The fraction of sp³-hybridized carbons (Fsp3) is 0.526. The van der Waals surface area contributed by atoms with Gasteiger partial charge in [0.1, 0.15) is 17.3 Å². The SMILES string of the molecule is Cc1c(C23OCC(C)(C)C2(C(C)(C)C)OO3)sc2ccc(O[SiH3])cc12.Cc1c(C2=C(C(C)(C)C)C(C)(C)CO2)sc2ccc(O[SiH3])cc12. The Labute approximate surface area is 300 Å². The molecule has 6 nitrogen and oxygen atoms in total. The Morgan fingerprint density at radius 3 is 1.81 bits per heavy atom. The highest BCUT2D eigenvalue weighted by Crippen LogP contribution is 2.70. The third-order valence-corrected chi connectivity index (χ3v) is 14.0. The summed E-state index contributed by atoms with van der Waals surface area (Å²) in [5, 5.41) is 2.49. The molecule has 7 rings (SSSR count). The number of aryl methyl sites for hydroxylation is 2. The van der Waals surface area contributed by atoms with Gasteiger partial charge in [0.15, 0.2) is 5.60 Å². The van der Waals surface area contributed by atoms with Gasteiger partial charge in [-0.1, -0.05) is 69.2 Å². The van der Waals surface area contributed by atoms with Gasteiger partial charge in [0.25, 0.3) is 5.79 Å². The van der Waals surface area contributed by atoms with Crippen molar-refractivity contribution in [3.8, 4) is 11.5 Å². The number of hydrogen-bond acceptors (Lipinski definition) is 8. The Kier molecular flexibility index (Phi) is 8.67. The molecule has 2 saturated heterocycles. The average Bonchev–Trinajstić information content (AvgIpc) is 3.65. The number of thiophene rings is 2. The van der Waals surface area contributed by atoms with Crippen LogP contribution in [0.5, 0.6) is 11.5 Å². The fourth-order valence-corrected chi connectivity index (χ4v) is 11.6. The van der Waals surface area contributed by atoms with Gasteiger partial charge in [0.2, 0.25) is 21.0 Å². The first-order valence-corrected chi connectivity index (χ1v) is 20.1. The van der Waals surface area contributed by atoms with Gasteiger partial charge in [-0.25, -0.2) is 4.89 Å². The lowest BCUT2D eigenvalue weighted by Crippen LogP contribution is -2.72. The van der Waals surface area contributed by atoms with Crippen molar-refractivity contribution in [2.45, 2.75) is 94.5 Å². The summed E-state index contributed by atoms with van der Waals surface area (Å²) in [4.78, 5) is 14.2. The highest BCUT2D eigenvalue weighted by Gasteiger charge is 2.82. The first kappa shape index (κ1) is 35.6. The summed E-state index contributed by atoms with van der Waals surface area (Å²) in [6.45, 7) is 28.2. The summed E-state index contributed by atoms with van der Waals surface area (Å²) < 4.78 is 26.2. The Balaban J connectivity index is 0.000000168. The summed E-state index contributed by atoms with van der Waals surface area (Å²) in [7, 11) is 1.40. The van der Waals surface area contributed by atoms with Crippen molar-refractivity contribution >= 4 is 69.6 Å². The minimum absolute atomic E-state index is 0.0828. The van der Waals surface area contributed by atoms with Crippen LogP contribution in [0.4, 0.5) is 0 Å². The Hall–Kier alpha value is -2.19. The molecule has 0 bridgehead atoms. The summed E-state index contributed by atoms with van der Waals surface area (Å²) in [6.07, 6.45) is 0. The van der Waals surface area contributed by atoms with Crippen molar-refractivity contribution in [3.05, 3.63) is 62.9 Å². The molecule has 10 heteroatoms. The van der Waals surface area contributed by atoms with E-state index in [4.69, 9.17) is 28.1 Å². The largest absolute Gasteiger partial charge is 0.553 e. The van der Waals surface area contributed by atoms with Gasteiger partial charge in [-0.05, 0) is 83.1 Å². The topological polar surface area (TPSA) is 55.4 Å². The minimum atomic E-state index is -0.843. The molecule has 0 saturated carbocycles. The standard InChI is InChI=1S/C19H26O4SSi.C19H26O2SSi/c1-11-13-9-12(21-25)7-8-14(13)24-15(11)18-19(23-22-18,16(2,3)4)17(5,6)10-20-18;1-11-13-9-12(21-23)7-8-14(13)22-16(11)15-17(18(2,3)4)19(5,6)10-20-15/h7-9H,10H2,1-6,25H3;7-9H,10H2,1-6,23H3. The van der Waals surface area contributed by atoms with E-state index in [1.54, 1.807) is 11.3 Å². The van der Waals surface area contributed by atoms with Crippen LogP contribution in [0.3, 0.4) is 0 Å². The van der Waals surface area contributed by atoms with E-state index in [1.807, 2.05) is 17.4 Å². The van der Waals surface area contributed by atoms with Crippen LogP contribution >= 0.6 is 22.7 Å². The molecule has 4 aromatic rings. The number of ether oxygens (including phenoxy) is 2. The molecule has 2 unspecified atom stereocenters. The molecule has 3 aliphatic rings. The Bertz CT molecular complexity index is 1920. The van der Waals surface area contributed by atoms with E-state index in [-0.39, 0.29) is 21.7 Å². The van der Waals surface area contributed by atoms with Crippen LogP contribution in [-0.2, 0) is 25.0 Å². The summed E-state index contributed by atoms with van der Waals surface area (Å²) in [5.74, 6) is 2.15. The van der Waals surface area contributed by atoms with Crippen molar-refractivity contribution in [1.29, 1.82) is 0 Å². The first-order chi connectivity index (χ1) is 22.2. The lowest BCUT2D eigenvalue weighted by atomic mass is 9.58. The molecule has 2 aromatic carbocycles. The molecule has 0 N–H and O–H groups in total. The van der Waals surface area contributed by atoms with E-state index < -0.39 is 11.4 Å². The molecule has 5 heterocycles. The Morgan fingerprint density at radius 1 is 0.750 bits per heavy atom. The molecule has 3 aliphatic heterocycles. The third kappa shape index (κ3) is 5.16. The maximum Gasteiger partial charge on any atom is 0.271 e. The molecule has 2 atom stereocenters. The van der Waals surface area contributed by atoms with Crippen LogP contribution in [-0.4, -0.2) is 39.8 Å². The quantitative estimate of drug-likeness (QED) is 0.156. The van der Waals surface area contributed by atoms with Crippen molar-refractivity contribution in [3.63, 3.8) is 0 Å².